The normalized spacial score (nSPS) is 16.1. The first-order chi connectivity index (χ1) is 14.4. The summed E-state index contributed by atoms with van der Waals surface area (Å²) < 4.78 is 13.6. The number of likely N-dealkylation sites (tertiary alicyclic amines) is 1. The number of aromatic hydroxyl groups is 1. The van der Waals surface area contributed by atoms with Crippen molar-refractivity contribution in [3.63, 3.8) is 0 Å². The molecular formula is C20H25FN6O2S. The summed E-state index contributed by atoms with van der Waals surface area (Å²) in [7, 11) is 1.64. The van der Waals surface area contributed by atoms with E-state index < -0.39 is 17.8 Å². The Hall–Kier alpha value is -3.01. The highest BCUT2D eigenvalue weighted by atomic mass is 32.1. The highest BCUT2D eigenvalue weighted by Crippen LogP contribution is 2.35. The van der Waals surface area contributed by atoms with Crippen molar-refractivity contribution >= 4 is 34.3 Å². The first-order valence-corrected chi connectivity index (χ1v) is 10.5. The highest BCUT2D eigenvalue weighted by molar-refractivity contribution is 7.19. The summed E-state index contributed by atoms with van der Waals surface area (Å²) >= 11 is 0.980. The first-order valence-electron chi connectivity index (χ1n) is 9.73. The van der Waals surface area contributed by atoms with E-state index in [2.05, 4.69) is 20.2 Å². The number of nitrogens with two attached hydrogens (primary N) is 1. The van der Waals surface area contributed by atoms with E-state index in [-0.39, 0.29) is 27.0 Å². The van der Waals surface area contributed by atoms with Crippen molar-refractivity contribution in [1.82, 2.24) is 15.2 Å². The molecule has 1 atom stereocenters. The van der Waals surface area contributed by atoms with Crippen LogP contribution in [0.2, 0.25) is 0 Å². The fourth-order valence-electron chi connectivity index (χ4n) is 3.46. The van der Waals surface area contributed by atoms with E-state index in [1.54, 1.807) is 7.05 Å². The zero-order chi connectivity index (χ0) is 21.7. The summed E-state index contributed by atoms with van der Waals surface area (Å²) in [5.74, 6) is -0.629. The van der Waals surface area contributed by atoms with Crippen molar-refractivity contribution in [2.24, 2.45) is 4.99 Å². The van der Waals surface area contributed by atoms with Gasteiger partial charge < -0.3 is 26.5 Å². The predicted octanol–water partition coefficient (Wildman–Crippen LogP) is 2.89. The lowest BCUT2D eigenvalue weighted by molar-refractivity contribution is 0.0949. The second-order valence-electron chi connectivity index (χ2n) is 6.99. The molecule has 3 rings (SSSR count). The Bertz CT molecular complexity index is 953. The molecule has 0 radical (unpaired) electrons. The minimum absolute atomic E-state index is 0.0307. The molecule has 10 heteroatoms. The lowest BCUT2D eigenvalue weighted by atomic mass is 10.2. The van der Waals surface area contributed by atoms with Gasteiger partial charge in [-0.25, -0.2) is 9.37 Å². The number of phenols is 1. The number of aliphatic imine (C=N–C) groups is 1. The van der Waals surface area contributed by atoms with Gasteiger partial charge in [-0.3, -0.25) is 9.79 Å². The van der Waals surface area contributed by atoms with Gasteiger partial charge in [-0.05, 0) is 31.0 Å². The second-order valence-corrected chi connectivity index (χ2v) is 8.02. The second kappa shape index (κ2) is 9.66. The fraction of sp³-hybridized carbons (Fsp3) is 0.400. The number of benzene rings is 1. The number of amidine groups is 1. The Morgan fingerprint density at radius 1 is 1.40 bits per heavy atom. The standard InChI is InChI=1S/C20H25FN6O2S/c1-24-18(27-8-4-2-3-5-9-27)14(11-22)25-19(29)16-17(23)30-20(26-16)13-10-12(21)6-7-15(13)28/h6-7,10-11,14,22,28H,2-5,8-9,23H2,1H3,(H,25,29). The number of aromatic nitrogens is 1. The number of hydrogen-bond donors (Lipinski definition) is 4. The molecule has 1 unspecified atom stereocenters. The number of hydrogen-bond acceptors (Lipinski definition) is 7. The number of nitrogens with one attached hydrogen (secondary N) is 2. The van der Waals surface area contributed by atoms with Crippen molar-refractivity contribution < 1.29 is 14.3 Å². The average molecular weight is 433 g/mol. The molecule has 1 amide bonds. The molecule has 0 saturated carbocycles. The van der Waals surface area contributed by atoms with Gasteiger partial charge in [0.1, 0.15) is 33.5 Å². The van der Waals surface area contributed by atoms with E-state index in [1.807, 2.05) is 0 Å². The van der Waals surface area contributed by atoms with Gasteiger partial charge in [0.2, 0.25) is 0 Å². The quantitative estimate of drug-likeness (QED) is 0.427. The third-order valence-corrected chi connectivity index (χ3v) is 5.87. The number of phenolic OH excluding ortho intramolecular Hbond substituents is 1. The van der Waals surface area contributed by atoms with Gasteiger partial charge in [0.25, 0.3) is 5.91 Å². The molecule has 1 aromatic heterocycles. The number of carbonyl (C=O) groups excluding carboxylic acids is 1. The first kappa shape index (κ1) is 21.7. The molecule has 0 aliphatic carbocycles. The zero-order valence-corrected chi connectivity index (χ0v) is 17.5. The average Bonchev–Trinajstić information content (AvgIpc) is 2.93. The molecule has 30 heavy (non-hydrogen) atoms. The predicted molar refractivity (Wildman–Crippen MR) is 117 cm³/mol. The fourth-order valence-corrected chi connectivity index (χ4v) is 4.31. The smallest absolute Gasteiger partial charge is 0.273 e. The molecule has 5 N–H and O–H groups in total. The van der Waals surface area contributed by atoms with Crippen LogP contribution in [0.1, 0.15) is 36.2 Å². The topological polar surface area (TPSA) is 128 Å². The third-order valence-electron chi connectivity index (χ3n) is 4.95. The van der Waals surface area contributed by atoms with Crippen molar-refractivity contribution in [2.75, 3.05) is 25.9 Å². The number of amides is 1. The lowest BCUT2D eigenvalue weighted by Gasteiger charge is -2.28. The SMILES string of the molecule is CN=C(C(C=N)NC(=O)c1nc(-c2cc(F)ccc2O)sc1N)N1CCCCCC1. The summed E-state index contributed by atoms with van der Waals surface area (Å²) in [6.07, 6.45) is 5.52. The number of halogens is 1. The Kier molecular flexibility index (Phi) is 6.99. The molecule has 2 heterocycles. The maximum atomic E-state index is 13.6. The Morgan fingerprint density at radius 3 is 2.73 bits per heavy atom. The molecule has 1 fully saturated rings. The van der Waals surface area contributed by atoms with Crippen LogP contribution in [0.5, 0.6) is 5.75 Å². The van der Waals surface area contributed by atoms with E-state index in [9.17, 15) is 14.3 Å². The molecule has 160 valence electrons. The maximum Gasteiger partial charge on any atom is 0.273 e. The van der Waals surface area contributed by atoms with Gasteiger partial charge in [-0.2, -0.15) is 0 Å². The van der Waals surface area contributed by atoms with Gasteiger partial charge in [0.15, 0.2) is 5.69 Å². The van der Waals surface area contributed by atoms with Crippen molar-refractivity contribution in [2.45, 2.75) is 31.7 Å². The lowest BCUT2D eigenvalue weighted by Crippen LogP contribution is -2.50. The van der Waals surface area contributed by atoms with Gasteiger partial charge in [-0.15, -0.1) is 0 Å². The molecule has 1 aromatic carbocycles. The minimum Gasteiger partial charge on any atom is -0.507 e. The molecule has 1 saturated heterocycles. The van der Waals surface area contributed by atoms with Crippen LogP contribution in [0, 0.1) is 11.2 Å². The monoisotopic (exact) mass is 432 g/mol. The van der Waals surface area contributed by atoms with E-state index in [0.29, 0.717) is 5.84 Å². The molecule has 1 aliphatic rings. The zero-order valence-electron chi connectivity index (χ0n) is 16.7. The van der Waals surface area contributed by atoms with E-state index in [0.717, 1.165) is 68.5 Å². The Balaban J connectivity index is 1.81. The molecule has 0 bridgehead atoms. The molecule has 1 aliphatic heterocycles. The molecular weight excluding hydrogens is 407 g/mol. The summed E-state index contributed by atoms with van der Waals surface area (Å²) in [6, 6.07) is 2.77. The van der Waals surface area contributed by atoms with Crippen molar-refractivity contribution in [3.8, 4) is 16.3 Å². The summed E-state index contributed by atoms with van der Waals surface area (Å²) in [5.41, 5.74) is 6.11. The van der Waals surface area contributed by atoms with Crippen LogP contribution in [0.4, 0.5) is 9.39 Å². The highest BCUT2D eigenvalue weighted by Gasteiger charge is 2.26. The number of anilines is 1. The summed E-state index contributed by atoms with van der Waals surface area (Å²) in [5, 5.41) is 20.9. The van der Waals surface area contributed by atoms with Crippen LogP contribution >= 0.6 is 11.3 Å². The van der Waals surface area contributed by atoms with Crippen LogP contribution in [0.15, 0.2) is 23.2 Å². The summed E-state index contributed by atoms with van der Waals surface area (Å²) in [6.45, 7) is 1.66. The largest absolute Gasteiger partial charge is 0.507 e. The van der Waals surface area contributed by atoms with Crippen LogP contribution < -0.4 is 11.1 Å². The Morgan fingerprint density at radius 2 is 2.10 bits per heavy atom. The van der Waals surface area contributed by atoms with E-state index >= 15 is 0 Å². The molecule has 2 aromatic rings. The minimum atomic E-state index is -0.715. The number of thiazole rings is 1. The van der Waals surface area contributed by atoms with Gasteiger partial charge in [-0.1, -0.05) is 24.2 Å². The molecule has 0 spiro atoms. The van der Waals surface area contributed by atoms with Crippen LogP contribution in [-0.2, 0) is 0 Å². The van der Waals surface area contributed by atoms with Gasteiger partial charge in [0.05, 0.1) is 5.56 Å². The number of nitrogens with zero attached hydrogens (tertiary/aromatic N) is 3. The maximum absolute atomic E-state index is 13.6. The molecule has 8 nitrogen and oxygen atoms in total. The Labute approximate surface area is 178 Å². The van der Waals surface area contributed by atoms with Crippen molar-refractivity contribution in [1.29, 1.82) is 5.41 Å². The summed E-state index contributed by atoms with van der Waals surface area (Å²) in [4.78, 5) is 23.5. The van der Waals surface area contributed by atoms with Gasteiger partial charge in [0, 0.05) is 26.4 Å². The number of nitrogen functional groups attached to an aromatic ring is 1. The van der Waals surface area contributed by atoms with Crippen molar-refractivity contribution in [3.05, 3.63) is 29.7 Å². The van der Waals surface area contributed by atoms with Crippen LogP contribution in [0.25, 0.3) is 10.6 Å². The third kappa shape index (κ3) is 4.76. The van der Waals surface area contributed by atoms with Gasteiger partial charge >= 0.3 is 0 Å². The van der Waals surface area contributed by atoms with E-state index in [4.69, 9.17) is 11.1 Å². The van der Waals surface area contributed by atoms with Crippen LogP contribution in [0.3, 0.4) is 0 Å². The number of carbonyl (C=O) groups is 1. The number of rotatable bonds is 5. The van der Waals surface area contributed by atoms with Crippen LogP contribution in [-0.4, -0.2) is 59.1 Å². The van der Waals surface area contributed by atoms with E-state index in [1.165, 1.54) is 6.07 Å².